The van der Waals surface area contributed by atoms with Crippen LogP contribution in [0.1, 0.15) is 19.3 Å². The second kappa shape index (κ2) is 6.69. The Bertz CT molecular complexity index is 252. The third-order valence-corrected chi connectivity index (χ3v) is 1.96. The quantitative estimate of drug-likeness (QED) is 0.590. The van der Waals surface area contributed by atoms with Gasteiger partial charge in [-0.15, -0.1) is 0 Å². The molecule has 0 saturated heterocycles. The van der Waals surface area contributed by atoms with Gasteiger partial charge in [0, 0.05) is 13.0 Å². The van der Waals surface area contributed by atoms with Crippen molar-refractivity contribution in [2.24, 2.45) is 5.92 Å². The van der Waals surface area contributed by atoms with Crippen LogP contribution in [-0.4, -0.2) is 25.4 Å². The summed E-state index contributed by atoms with van der Waals surface area (Å²) in [4.78, 5) is 0. The summed E-state index contributed by atoms with van der Waals surface area (Å²) >= 11 is 0. The van der Waals surface area contributed by atoms with E-state index in [1.165, 1.54) is 0 Å². The molecular weight excluding hydrogens is 250 g/mol. The van der Waals surface area contributed by atoms with E-state index in [0.717, 1.165) is 6.07 Å². The lowest BCUT2D eigenvalue weighted by Crippen LogP contribution is -2.33. The first-order chi connectivity index (χ1) is 7.67. The zero-order chi connectivity index (χ0) is 13.5. The van der Waals surface area contributed by atoms with Crippen LogP contribution in [-0.2, 0) is 0 Å². The van der Waals surface area contributed by atoms with Crippen LogP contribution in [0, 0.1) is 17.2 Å². The minimum Gasteiger partial charge on any atom is -0.315 e. The average molecular weight is 262 g/mol. The molecule has 0 bridgehead atoms. The summed E-state index contributed by atoms with van der Waals surface area (Å²) in [6, 6.07) is 1.09. The first-order valence-electron chi connectivity index (χ1n) is 4.90. The molecule has 0 saturated carbocycles. The molecule has 0 aromatic heterocycles. The fourth-order valence-electron chi connectivity index (χ4n) is 1.06. The maximum absolute atomic E-state index is 12.0. The van der Waals surface area contributed by atoms with Crippen molar-refractivity contribution in [2.45, 2.75) is 31.6 Å². The highest BCUT2D eigenvalue weighted by atomic mass is 19.4. The third-order valence-electron chi connectivity index (χ3n) is 1.96. The molecule has 0 aliphatic heterocycles. The normalized spacial score (nSPS) is 14.4. The van der Waals surface area contributed by atoms with E-state index >= 15 is 0 Å². The van der Waals surface area contributed by atoms with Gasteiger partial charge in [0.1, 0.15) is 0 Å². The molecule has 0 rings (SSSR count). The highest BCUT2D eigenvalue weighted by Gasteiger charge is 2.39. The summed E-state index contributed by atoms with van der Waals surface area (Å²) in [5.74, 6) is -2.12. The van der Waals surface area contributed by atoms with E-state index in [1.54, 1.807) is 0 Å². The monoisotopic (exact) mass is 262 g/mol. The van der Waals surface area contributed by atoms with Crippen molar-refractivity contribution in [3.63, 3.8) is 0 Å². The first kappa shape index (κ1) is 16.0. The largest absolute Gasteiger partial charge is 0.405 e. The molecule has 0 fully saturated rings. The average Bonchev–Trinajstić information content (AvgIpc) is 2.12. The van der Waals surface area contributed by atoms with Crippen LogP contribution in [0.5, 0.6) is 0 Å². The lowest BCUT2D eigenvalue weighted by molar-refractivity contribution is -0.157. The Labute approximate surface area is 94.6 Å². The van der Waals surface area contributed by atoms with Crippen molar-refractivity contribution in [1.29, 1.82) is 5.26 Å². The lowest BCUT2D eigenvalue weighted by Gasteiger charge is -2.13. The standard InChI is InChI=1S/C9H12F6N2/c10-8(11,12)3-1-2-4-17-6-7(5-16)9(13,14)15/h7,17H,1-4,6H2. The highest BCUT2D eigenvalue weighted by molar-refractivity contribution is 4.89. The number of hydrogen-bond acceptors (Lipinski definition) is 2. The Morgan fingerprint density at radius 2 is 1.65 bits per heavy atom. The maximum Gasteiger partial charge on any atom is 0.405 e. The van der Waals surface area contributed by atoms with Crippen LogP contribution >= 0.6 is 0 Å². The van der Waals surface area contributed by atoms with Gasteiger partial charge in [0.2, 0.25) is 0 Å². The number of alkyl halides is 6. The molecule has 8 heteroatoms. The number of nitrogens with one attached hydrogen (secondary N) is 1. The summed E-state index contributed by atoms with van der Waals surface area (Å²) in [6.07, 6.45) is -9.81. The molecule has 100 valence electrons. The van der Waals surface area contributed by atoms with E-state index in [1.807, 2.05) is 0 Å². The molecule has 1 unspecified atom stereocenters. The molecule has 1 atom stereocenters. The zero-order valence-corrected chi connectivity index (χ0v) is 8.83. The van der Waals surface area contributed by atoms with Gasteiger partial charge in [0.25, 0.3) is 0 Å². The molecule has 0 spiro atoms. The van der Waals surface area contributed by atoms with E-state index in [-0.39, 0.29) is 19.4 Å². The minimum absolute atomic E-state index is 0.0321. The van der Waals surface area contributed by atoms with Crippen LogP contribution in [0.15, 0.2) is 0 Å². The number of rotatable bonds is 6. The Kier molecular flexibility index (Phi) is 6.31. The predicted molar refractivity (Wildman–Crippen MR) is 47.9 cm³/mol. The molecule has 1 N–H and O–H groups in total. The summed E-state index contributed by atoms with van der Waals surface area (Å²) in [5, 5.41) is 10.5. The molecule has 17 heavy (non-hydrogen) atoms. The topological polar surface area (TPSA) is 35.8 Å². The van der Waals surface area contributed by atoms with Crippen molar-refractivity contribution in [2.75, 3.05) is 13.1 Å². The van der Waals surface area contributed by atoms with E-state index < -0.39 is 31.2 Å². The first-order valence-corrected chi connectivity index (χ1v) is 4.90. The predicted octanol–water partition coefficient (Wildman–Crippen LogP) is 3.01. The molecule has 0 radical (unpaired) electrons. The fourth-order valence-corrected chi connectivity index (χ4v) is 1.06. The molecule has 0 aliphatic carbocycles. The molecule has 0 heterocycles. The Balaban J connectivity index is 3.62. The summed E-state index contributed by atoms with van der Waals surface area (Å²) < 4.78 is 71.2. The second-order valence-electron chi connectivity index (χ2n) is 3.50. The van der Waals surface area contributed by atoms with Crippen molar-refractivity contribution in [1.82, 2.24) is 5.32 Å². The number of nitrogens with zero attached hydrogens (tertiary/aromatic N) is 1. The van der Waals surface area contributed by atoms with Crippen molar-refractivity contribution < 1.29 is 26.3 Å². The molecule has 2 nitrogen and oxygen atoms in total. The van der Waals surface area contributed by atoms with Crippen LogP contribution in [0.3, 0.4) is 0 Å². The number of unbranched alkanes of at least 4 members (excludes halogenated alkanes) is 1. The van der Waals surface area contributed by atoms with E-state index in [4.69, 9.17) is 5.26 Å². The van der Waals surface area contributed by atoms with Gasteiger partial charge in [0.15, 0.2) is 5.92 Å². The highest BCUT2D eigenvalue weighted by Crippen LogP contribution is 2.25. The number of hydrogen-bond donors (Lipinski definition) is 1. The smallest absolute Gasteiger partial charge is 0.315 e. The van der Waals surface area contributed by atoms with Crippen LogP contribution in [0.25, 0.3) is 0 Å². The molecule has 0 aromatic rings. The second-order valence-corrected chi connectivity index (χ2v) is 3.50. The molecule has 0 aliphatic rings. The van der Waals surface area contributed by atoms with Gasteiger partial charge in [0.05, 0.1) is 6.07 Å². The fraction of sp³-hybridized carbons (Fsp3) is 0.889. The summed E-state index contributed by atoms with van der Waals surface area (Å²) in [7, 11) is 0. The lowest BCUT2D eigenvalue weighted by atomic mass is 10.1. The molecular formula is C9H12F6N2. The van der Waals surface area contributed by atoms with E-state index in [2.05, 4.69) is 5.32 Å². The van der Waals surface area contributed by atoms with Gasteiger partial charge in [-0.1, -0.05) is 0 Å². The van der Waals surface area contributed by atoms with Gasteiger partial charge in [-0.2, -0.15) is 31.6 Å². The van der Waals surface area contributed by atoms with Crippen molar-refractivity contribution >= 4 is 0 Å². The van der Waals surface area contributed by atoms with Crippen LogP contribution in [0.2, 0.25) is 0 Å². The third kappa shape index (κ3) is 8.80. The van der Waals surface area contributed by atoms with E-state index in [0.29, 0.717) is 0 Å². The Morgan fingerprint density at radius 3 is 2.06 bits per heavy atom. The Morgan fingerprint density at radius 1 is 1.06 bits per heavy atom. The van der Waals surface area contributed by atoms with Gasteiger partial charge in [-0.05, 0) is 19.4 Å². The Hall–Kier alpha value is -0.970. The number of nitriles is 1. The minimum atomic E-state index is -4.60. The summed E-state index contributed by atoms with van der Waals surface area (Å²) in [5.41, 5.74) is 0. The number of halogens is 6. The molecule has 0 amide bonds. The van der Waals surface area contributed by atoms with E-state index in [9.17, 15) is 26.3 Å². The van der Waals surface area contributed by atoms with Gasteiger partial charge < -0.3 is 5.32 Å². The summed E-state index contributed by atoms with van der Waals surface area (Å²) in [6.45, 7) is -0.559. The van der Waals surface area contributed by atoms with Crippen molar-refractivity contribution in [3.05, 3.63) is 0 Å². The van der Waals surface area contributed by atoms with Crippen LogP contribution < -0.4 is 5.32 Å². The SMILES string of the molecule is N#CC(CNCCCCC(F)(F)F)C(F)(F)F. The van der Waals surface area contributed by atoms with Gasteiger partial charge in [-0.3, -0.25) is 0 Å². The maximum atomic E-state index is 12.0. The van der Waals surface area contributed by atoms with Gasteiger partial charge >= 0.3 is 12.4 Å². The zero-order valence-electron chi connectivity index (χ0n) is 8.83. The van der Waals surface area contributed by atoms with Crippen LogP contribution in [0.4, 0.5) is 26.3 Å². The molecule has 0 aromatic carbocycles. The van der Waals surface area contributed by atoms with Crippen molar-refractivity contribution in [3.8, 4) is 6.07 Å². The van der Waals surface area contributed by atoms with Gasteiger partial charge in [-0.25, -0.2) is 0 Å².